The average Bonchev–Trinajstić information content (AvgIpc) is 0.918. The third-order valence-electron chi connectivity index (χ3n) is 0. The van der Waals surface area contributed by atoms with Crippen LogP contribution in [0.15, 0.2) is 0 Å². The minimum absolute atomic E-state index is 0. The zero-order valence-corrected chi connectivity index (χ0v) is 5.35. The monoisotopic (exact) mass is 137 g/mol. The molecular weight excluding hydrogens is 129 g/mol. The van der Waals surface area contributed by atoms with Gasteiger partial charge in [-0.25, -0.2) is 0 Å². The first-order chi connectivity index (χ1) is 1.41. The molecule has 0 aliphatic rings. The Morgan fingerprint density at radius 3 is 1.25 bits per heavy atom. The van der Waals surface area contributed by atoms with Crippen molar-refractivity contribution < 1.29 is 22.4 Å². The molecule has 1 heteroatoms. The predicted molar refractivity (Wildman–Crippen MR) is 16.0 cm³/mol. The molecule has 1 radical (unpaired) electrons. The maximum Gasteiger partial charge on any atom is 0 e. The normalized spacial score (nSPS) is 4.50. The van der Waals surface area contributed by atoms with Crippen molar-refractivity contribution in [3.8, 4) is 0 Å². The third kappa shape index (κ3) is 15.1. The molecular formula is C3H8Nb. The van der Waals surface area contributed by atoms with Gasteiger partial charge < -0.3 is 0 Å². The maximum absolute atomic E-state index is 2.12. The fourth-order valence-corrected chi connectivity index (χ4v) is 0. The quantitative estimate of drug-likeness (QED) is 0.443. The van der Waals surface area contributed by atoms with E-state index in [1.807, 2.05) is 0 Å². The third-order valence-corrected chi connectivity index (χ3v) is 0. The van der Waals surface area contributed by atoms with E-state index >= 15 is 0 Å². The van der Waals surface area contributed by atoms with E-state index in [0.717, 1.165) is 0 Å². The van der Waals surface area contributed by atoms with Gasteiger partial charge in [0.1, 0.15) is 0 Å². The molecule has 0 rings (SSSR count). The molecule has 0 unspecified atom stereocenters. The van der Waals surface area contributed by atoms with Crippen LogP contribution < -0.4 is 0 Å². The fraction of sp³-hybridized carbons (Fsp3) is 1.00. The molecule has 0 fully saturated rings. The van der Waals surface area contributed by atoms with Crippen molar-refractivity contribution in [3.05, 3.63) is 0 Å². The molecule has 0 aromatic rings. The first kappa shape index (κ1) is 8.83. The molecule has 0 aliphatic carbocycles. The molecule has 0 atom stereocenters. The molecule has 25 valence electrons. The second-order valence-electron chi connectivity index (χ2n) is 0.707. The van der Waals surface area contributed by atoms with Gasteiger partial charge in [-0.15, -0.1) is 0 Å². The van der Waals surface area contributed by atoms with Gasteiger partial charge in [0.2, 0.25) is 0 Å². The number of hydrogen-bond donors (Lipinski definition) is 0. The molecule has 0 saturated carbocycles. The van der Waals surface area contributed by atoms with Gasteiger partial charge in [0.25, 0.3) is 0 Å². The summed E-state index contributed by atoms with van der Waals surface area (Å²) in [6.07, 6.45) is 1.25. The van der Waals surface area contributed by atoms with Crippen molar-refractivity contribution in [2.75, 3.05) is 0 Å². The summed E-state index contributed by atoms with van der Waals surface area (Å²) in [6, 6.07) is 0. The second-order valence-corrected chi connectivity index (χ2v) is 0.707. The molecule has 0 aromatic heterocycles. The number of rotatable bonds is 0. The van der Waals surface area contributed by atoms with Crippen molar-refractivity contribution in [2.24, 2.45) is 0 Å². The SMILES string of the molecule is CCC.[Nb]. The van der Waals surface area contributed by atoms with Gasteiger partial charge >= 0.3 is 0 Å². The van der Waals surface area contributed by atoms with Gasteiger partial charge in [0.05, 0.1) is 0 Å². The summed E-state index contributed by atoms with van der Waals surface area (Å²) in [6.45, 7) is 4.25. The molecule has 0 spiro atoms. The maximum atomic E-state index is 2.12. The van der Waals surface area contributed by atoms with Gasteiger partial charge in [-0.05, 0) is 0 Å². The topological polar surface area (TPSA) is 0 Å². The van der Waals surface area contributed by atoms with Crippen molar-refractivity contribution in [3.63, 3.8) is 0 Å². The average molecular weight is 137 g/mol. The van der Waals surface area contributed by atoms with Crippen LogP contribution in [-0.4, -0.2) is 0 Å². The van der Waals surface area contributed by atoms with Crippen LogP contribution in [0.4, 0.5) is 0 Å². The number of hydrogen-bond acceptors (Lipinski definition) is 0. The molecule has 0 amide bonds. The van der Waals surface area contributed by atoms with Crippen LogP contribution in [-0.2, 0) is 22.4 Å². The summed E-state index contributed by atoms with van der Waals surface area (Å²) >= 11 is 0. The Balaban J connectivity index is 0. The standard InChI is InChI=1S/C3H8.Nb/c1-3-2;/h3H2,1-2H3;. The van der Waals surface area contributed by atoms with E-state index < -0.39 is 0 Å². The van der Waals surface area contributed by atoms with E-state index in [2.05, 4.69) is 13.8 Å². The predicted octanol–water partition coefficient (Wildman–Crippen LogP) is 1.41. The van der Waals surface area contributed by atoms with Gasteiger partial charge in [-0.1, -0.05) is 20.3 Å². The smallest absolute Gasteiger partial charge is 0 e. The Morgan fingerprint density at radius 2 is 1.25 bits per heavy atom. The zero-order valence-electron chi connectivity index (χ0n) is 3.15. The molecule has 0 N–H and O–H groups in total. The second kappa shape index (κ2) is 9.27. The summed E-state index contributed by atoms with van der Waals surface area (Å²) in [7, 11) is 0. The van der Waals surface area contributed by atoms with Crippen LogP contribution in [0.2, 0.25) is 0 Å². The van der Waals surface area contributed by atoms with Gasteiger partial charge in [-0.3, -0.25) is 0 Å². The van der Waals surface area contributed by atoms with Crippen molar-refractivity contribution in [1.82, 2.24) is 0 Å². The first-order valence-electron chi connectivity index (χ1n) is 1.41. The first-order valence-corrected chi connectivity index (χ1v) is 1.41. The Labute approximate surface area is 43.1 Å². The minimum atomic E-state index is 0. The Hall–Kier alpha value is 0.740. The van der Waals surface area contributed by atoms with E-state index in [-0.39, 0.29) is 22.4 Å². The van der Waals surface area contributed by atoms with Gasteiger partial charge in [0, 0.05) is 22.4 Å². The van der Waals surface area contributed by atoms with Crippen molar-refractivity contribution in [1.29, 1.82) is 0 Å². The van der Waals surface area contributed by atoms with E-state index in [9.17, 15) is 0 Å². The van der Waals surface area contributed by atoms with Crippen LogP contribution in [0, 0.1) is 0 Å². The Bertz CT molecular complexity index is 3.25. The van der Waals surface area contributed by atoms with Crippen LogP contribution in [0.1, 0.15) is 20.3 Å². The van der Waals surface area contributed by atoms with Crippen LogP contribution in [0.3, 0.4) is 0 Å². The summed E-state index contributed by atoms with van der Waals surface area (Å²) in [5.74, 6) is 0. The van der Waals surface area contributed by atoms with Crippen molar-refractivity contribution >= 4 is 0 Å². The Kier molecular flexibility index (Phi) is 20.5. The molecule has 0 heterocycles. The van der Waals surface area contributed by atoms with E-state index in [1.54, 1.807) is 0 Å². The summed E-state index contributed by atoms with van der Waals surface area (Å²) < 4.78 is 0. The molecule has 0 aliphatic heterocycles. The molecule has 4 heavy (non-hydrogen) atoms. The molecule has 0 aromatic carbocycles. The van der Waals surface area contributed by atoms with E-state index in [4.69, 9.17) is 0 Å². The van der Waals surface area contributed by atoms with Crippen LogP contribution in [0.25, 0.3) is 0 Å². The molecule has 0 saturated heterocycles. The summed E-state index contributed by atoms with van der Waals surface area (Å²) in [5.41, 5.74) is 0. The van der Waals surface area contributed by atoms with Crippen LogP contribution in [0.5, 0.6) is 0 Å². The fourth-order valence-electron chi connectivity index (χ4n) is 0. The van der Waals surface area contributed by atoms with E-state index in [0.29, 0.717) is 0 Å². The summed E-state index contributed by atoms with van der Waals surface area (Å²) in [4.78, 5) is 0. The Morgan fingerprint density at radius 1 is 1.25 bits per heavy atom. The van der Waals surface area contributed by atoms with Gasteiger partial charge in [0.15, 0.2) is 0 Å². The van der Waals surface area contributed by atoms with Gasteiger partial charge in [-0.2, -0.15) is 0 Å². The zero-order chi connectivity index (χ0) is 2.71. The van der Waals surface area contributed by atoms with Crippen LogP contribution >= 0.6 is 0 Å². The molecule has 0 bridgehead atoms. The largest absolute Gasteiger partial charge is 0.0656 e. The van der Waals surface area contributed by atoms with Crippen molar-refractivity contribution in [2.45, 2.75) is 20.3 Å². The summed E-state index contributed by atoms with van der Waals surface area (Å²) in [5, 5.41) is 0. The molecule has 0 nitrogen and oxygen atoms in total. The minimum Gasteiger partial charge on any atom is -0.0656 e. The van der Waals surface area contributed by atoms with E-state index in [1.165, 1.54) is 6.42 Å².